The summed E-state index contributed by atoms with van der Waals surface area (Å²) in [7, 11) is 1.37. The molecule has 0 aliphatic rings. The zero-order chi connectivity index (χ0) is 24.8. The first-order chi connectivity index (χ1) is 16.2. The summed E-state index contributed by atoms with van der Waals surface area (Å²) in [5.74, 6) is -0.407. The highest BCUT2D eigenvalue weighted by atomic mass is 16.6. The van der Waals surface area contributed by atoms with Crippen molar-refractivity contribution in [2.75, 3.05) is 12.4 Å². The summed E-state index contributed by atoms with van der Waals surface area (Å²) in [6, 6.07) is 10.4. The van der Waals surface area contributed by atoms with Crippen LogP contribution in [-0.2, 0) is 16.1 Å². The van der Waals surface area contributed by atoms with Crippen molar-refractivity contribution in [3.63, 3.8) is 0 Å². The largest absolute Gasteiger partial charge is 0.496 e. The van der Waals surface area contributed by atoms with Crippen molar-refractivity contribution in [1.82, 2.24) is 5.16 Å². The quantitative estimate of drug-likeness (QED) is 0.280. The second-order valence-corrected chi connectivity index (χ2v) is 7.26. The average molecular weight is 469 g/mol. The molecule has 11 heteroatoms. The molecule has 0 saturated heterocycles. The summed E-state index contributed by atoms with van der Waals surface area (Å²) in [4.78, 5) is 36.0. The number of para-hydroxylation sites is 1. The van der Waals surface area contributed by atoms with Crippen LogP contribution in [0.3, 0.4) is 0 Å². The predicted octanol–water partition coefficient (Wildman–Crippen LogP) is 3.97. The Bertz CT molecular complexity index is 1200. The fourth-order valence-electron chi connectivity index (χ4n) is 3.03. The number of amides is 1. The molecule has 3 aromatic rings. The lowest BCUT2D eigenvalue weighted by molar-refractivity contribution is -0.384. The van der Waals surface area contributed by atoms with Gasteiger partial charge in [-0.2, -0.15) is 0 Å². The molecule has 0 spiro atoms. The fraction of sp³-hybridized carbons (Fsp3) is 0.261. The smallest absolute Gasteiger partial charge is 0.342 e. The van der Waals surface area contributed by atoms with Gasteiger partial charge < -0.3 is 24.1 Å². The van der Waals surface area contributed by atoms with Crippen molar-refractivity contribution in [3.8, 4) is 11.5 Å². The Kier molecular flexibility index (Phi) is 7.46. The molecule has 1 amide bonds. The van der Waals surface area contributed by atoms with Gasteiger partial charge in [0, 0.05) is 0 Å². The lowest BCUT2D eigenvalue weighted by Gasteiger charge is -2.15. The Morgan fingerprint density at radius 3 is 2.59 bits per heavy atom. The van der Waals surface area contributed by atoms with E-state index in [0.717, 1.165) is 5.56 Å². The number of aromatic nitrogens is 1. The first kappa shape index (κ1) is 24.2. The normalized spacial score (nSPS) is 11.4. The molecule has 2 aromatic carbocycles. The molecule has 1 aromatic heterocycles. The number of benzene rings is 2. The van der Waals surface area contributed by atoms with Gasteiger partial charge in [0.05, 0.1) is 29.4 Å². The van der Waals surface area contributed by atoms with Gasteiger partial charge in [0.1, 0.15) is 35.1 Å². The number of rotatable bonds is 9. The van der Waals surface area contributed by atoms with Crippen molar-refractivity contribution in [3.05, 3.63) is 75.2 Å². The number of esters is 1. The number of nitro groups is 1. The second kappa shape index (κ2) is 10.5. The molecular weight excluding hydrogens is 446 g/mol. The summed E-state index contributed by atoms with van der Waals surface area (Å²) in [5.41, 5.74) is 1.14. The van der Waals surface area contributed by atoms with E-state index >= 15 is 0 Å². The van der Waals surface area contributed by atoms with Gasteiger partial charge in [-0.25, -0.2) is 4.79 Å². The molecule has 0 bridgehead atoms. The highest BCUT2D eigenvalue weighted by Crippen LogP contribution is 2.29. The summed E-state index contributed by atoms with van der Waals surface area (Å²) in [6.07, 6.45) is -1.25. The van der Waals surface area contributed by atoms with Crippen molar-refractivity contribution in [1.29, 1.82) is 0 Å². The van der Waals surface area contributed by atoms with Gasteiger partial charge in [-0.15, -0.1) is 0 Å². The molecule has 1 N–H and O–H groups in total. The van der Waals surface area contributed by atoms with E-state index in [1.807, 2.05) is 0 Å². The van der Waals surface area contributed by atoms with Crippen molar-refractivity contribution in [2.45, 2.75) is 33.5 Å². The van der Waals surface area contributed by atoms with Gasteiger partial charge in [-0.3, -0.25) is 14.9 Å². The van der Waals surface area contributed by atoms with Crippen LogP contribution in [0.15, 0.2) is 47.0 Å². The number of aryl methyl sites for hydroxylation is 2. The third-order valence-electron chi connectivity index (χ3n) is 4.97. The Morgan fingerprint density at radius 2 is 1.94 bits per heavy atom. The Labute approximate surface area is 194 Å². The van der Waals surface area contributed by atoms with E-state index in [4.69, 9.17) is 18.7 Å². The van der Waals surface area contributed by atoms with Crippen LogP contribution in [0.25, 0.3) is 0 Å². The van der Waals surface area contributed by atoms with Gasteiger partial charge in [-0.1, -0.05) is 17.3 Å². The maximum Gasteiger partial charge on any atom is 0.342 e. The minimum Gasteiger partial charge on any atom is -0.496 e. The van der Waals surface area contributed by atoms with E-state index in [1.54, 1.807) is 32.0 Å². The molecule has 34 heavy (non-hydrogen) atoms. The maximum atomic E-state index is 12.7. The maximum absolute atomic E-state index is 12.7. The highest BCUT2D eigenvalue weighted by molar-refractivity contribution is 5.99. The van der Waals surface area contributed by atoms with E-state index in [9.17, 15) is 19.7 Å². The first-order valence-electron chi connectivity index (χ1n) is 10.2. The molecule has 0 radical (unpaired) electrons. The minimum absolute atomic E-state index is 0.0538. The zero-order valence-electron chi connectivity index (χ0n) is 19.0. The molecule has 0 aliphatic heterocycles. The van der Waals surface area contributed by atoms with Crippen LogP contribution in [-0.4, -0.2) is 35.2 Å². The van der Waals surface area contributed by atoms with E-state index in [0.29, 0.717) is 11.5 Å². The van der Waals surface area contributed by atoms with E-state index in [2.05, 4.69) is 10.5 Å². The monoisotopic (exact) mass is 469 g/mol. The first-order valence-corrected chi connectivity index (χ1v) is 10.2. The van der Waals surface area contributed by atoms with Gasteiger partial charge >= 0.3 is 5.97 Å². The second-order valence-electron chi connectivity index (χ2n) is 7.26. The number of anilines is 1. The Morgan fingerprint density at radius 1 is 1.21 bits per heavy atom. The van der Waals surface area contributed by atoms with Crippen molar-refractivity contribution >= 4 is 23.3 Å². The van der Waals surface area contributed by atoms with Gasteiger partial charge in [0.15, 0.2) is 6.10 Å². The molecule has 0 fully saturated rings. The number of hydrogen-bond donors (Lipinski definition) is 1. The predicted molar refractivity (Wildman–Crippen MR) is 120 cm³/mol. The standard InChI is InChI=1S/C23H23N3O8/c1-13-18(14(2)34-25-13)12-32-21-8-6-5-7-17(21)23(28)33-15(3)22(27)24-19-10-9-16(31-4)11-20(19)26(29)30/h5-11,15H,12H2,1-4H3,(H,24,27). The molecule has 11 nitrogen and oxygen atoms in total. The van der Waals surface area contributed by atoms with E-state index < -0.39 is 22.9 Å². The van der Waals surface area contributed by atoms with Crippen LogP contribution in [0.5, 0.6) is 11.5 Å². The summed E-state index contributed by atoms with van der Waals surface area (Å²) < 4.78 is 21.1. The Balaban J connectivity index is 1.69. The number of hydrogen-bond acceptors (Lipinski definition) is 9. The van der Waals surface area contributed by atoms with E-state index in [1.165, 1.54) is 38.3 Å². The number of ether oxygens (including phenoxy) is 3. The van der Waals surface area contributed by atoms with Gasteiger partial charge in [0.25, 0.3) is 11.6 Å². The van der Waals surface area contributed by atoms with Crippen LogP contribution >= 0.6 is 0 Å². The minimum atomic E-state index is -1.25. The molecule has 178 valence electrons. The molecule has 1 unspecified atom stereocenters. The molecular formula is C23H23N3O8. The average Bonchev–Trinajstić information content (AvgIpc) is 3.14. The number of nitrogens with zero attached hydrogens (tertiary/aromatic N) is 2. The zero-order valence-corrected chi connectivity index (χ0v) is 19.0. The lowest BCUT2D eigenvalue weighted by atomic mass is 10.2. The summed E-state index contributed by atoms with van der Waals surface area (Å²) >= 11 is 0. The van der Waals surface area contributed by atoms with Crippen LogP contribution < -0.4 is 14.8 Å². The highest BCUT2D eigenvalue weighted by Gasteiger charge is 2.24. The van der Waals surface area contributed by atoms with Gasteiger partial charge in [0.2, 0.25) is 0 Å². The van der Waals surface area contributed by atoms with Gasteiger partial charge in [-0.05, 0) is 45.0 Å². The third-order valence-corrected chi connectivity index (χ3v) is 4.97. The number of carbonyl (C=O) groups is 2. The molecule has 1 heterocycles. The number of methoxy groups -OCH3 is 1. The summed E-state index contributed by atoms with van der Waals surface area (Å²) in [6.45, 7) is 5.02. The van der Waals surface area contributed by atoms with E-state index in [-0.39, 0.29) is 35.0 Å². The van der Waals surface area contributed by atoms with Crippen molar-refractivity contribution in [2.24, 2.45) is 0 Å². The number of nitrogens with one attached hydrogen (secondary N) is 1. The van der Waals surface area contributed by atoms with Crippen LogP contribution in [0.2, 0.25) is 0 Å². The SMILES string of the molecule is COc1ccc(NC(=O)C(C)OC(=O)c2ccccc2OCc2c(C)noc2C)c([N+](=O)[O-])c1. The number of carbonyl (C=O) groups excluding carboxylic acids is 2. The van der Waals surface area contributed by atoms with Crippen molar-refractivity contribution < 1.29 is 33.2 Å². The third kappa shape index (κ3) is 5.49. The topological polar surface area (TPSA) is 143 Å². The molecule has 0 aliphatic carbocycles. The number of nitro benzene ring substituents is 1. The molecule has 1 atom stereocenters. The summed E-state index contributed by atoms with van der Waals surface area (Å²) in [5, 5.41) is 17.6. The fourth-order valence-corrected chi connectivity index (χ4v) is 3.03. The van der Waals surface area contributed by atoms with Crippen LogP contribution in [0, 0.1) is 24.0 Å². The van der Waals surface area contributed by atoms with Crippen LogP contribution in [0.1, 0.15) is 34.3 Å². The molecule has 3 rings (SSSR count). The lowest BCUT2D eigenvalue weighted by Crippen LogP contribution is -2.30. The molecule has 0 saturated carbocycles. The Hall–Kier alpha value is -4.41. The van der Waals surface area contributed by atoms with Crippen LogP contribution in [0.4, 0.5) is 11.4 Å².